The van der Waals surface area contributed by atoms with Crippen LogP contribution in [0.2, 0.25) is 0 Å². The first-order valence-corrected chi connectivity index (χ1v) is 12.0. The zero-order valence-corrected chi connectivity index (χ0v) is 18.5. The highest BCUT2D eigenvalue weighted by Crippen LogP contribution is 2.40. The second-order valence-corrected chi connectivity index (χ2v) is 9.41. The summed E-state index contributed by atoms with van der Waals surface area (Å²) < 4.78 is 17.5. The van der Waals surface area contributed by atoms with Gasteiger partial charge in [0, 0.05) is 34.8 Å². The number of nitrogens with one attached hydrogen (secondary N) is 2. The second-order valence-electron chi connectivity index (χ2n) is 6.88. The maximum Gasteiger partial charge on any atom is 0.241 e. The molecule has 0 atom stereocenters. The van der Waals surface area contributed by atoms with Gasteiger partial charge in [-0.15, -0.1) is 25.4 Å². The Balaban J connectivity index is 1.59. The van der Waals surface area contributed by atoms with Crippen molar-refractivity contribution in [2.45, 2.75) is 49.8 Å². The van der Waals surface area contributed by atoms with Crippen LogP contribution >= 0.6 is 35.6 Å². The molecule has 0 unspecified atom stereocenters. The highest BCUT2D eigenvalue weighted by Gasteiger charge is 2.20. The average molecular weight is 451 g/mol. The Labute approximate surface area is 182 Å². The number of thiazole rings is 1. The zero-order chi connectivity index (χ0) is 20.1. The van der Waals surface area contributed by atoms with Crippen LogP contribution in [-0.4, -0.2) is 25.7 Å². The molecule has 10 heteroatoms. The molecule has 1 aromatic carbocycles. The van der Waals surface area contributed by atoms with Gasteiger partial charge in [0.15, 0.2) is 12.3 Å². The van der Waals surface area contributed by atoms with Crippen LogP contribution in [0.15, 0.2) is 35.6 Å². The van der Waals surface area contributed by atoms with Gasteiger partial charge in [-0.1, -0.05) is 32.3 Å². The lowest BCUT2D eigenvalue weighted by molar-refractivity contribution is 0.442. The summed E-state index contributed by atoms with van der Waals surface area (Å²) in [5.74, 6) is 0.958. The van der Waals surface area contributed by atoms with Crippen LogP contribution in [0.5, 0.6) is 0 Å². The number of anilines is 2. The summed E-state index contributed by atoms with van der Waals surface area (Å²) in [5, 5.41) is 12.0. The maximum atomic E-state index is 12.9. The lowest BCUT2D eigenvalue weighted by Crippen LogP contribution is -2.03. The molecule has 0 spiro atoms. The van der Waals surface area contributed by atoms with E-state index in [1.807, 2.05) is 18.3 Å². The molecule has 6 nitrogen and oxygen atoms in total. The fourth-order valence-corrected chi connectivity index (χ4v) is 5.66. The van der Waals surface area contributed by atoms with Crippen LogP contribution in [0.3, 0.4) is 0 Å². The average Bonchev–Trinajstić information content (AvgIpc) is 3.42. The molecule has 2 heterocycles. The normalized spacial score (nSPS) is 15.0. The molecule has 0 radical (unpaired) electrons. The van der Waals surface area contributed by atoms with E-state index >= 15 is 0 Å². The van der Waals surface area contributed by atoms with Crippen molar-refractivity contribution < 1.29 is 3.89 Å². The Hall–Kier alpha value is -1.62. The van der Waals surface area contributed by atoms with Gasteiger partial charge in [-0.05, 0) is 36.9 Å². The summed E-state index contributed by atoms with van der Waals surface area (Å²) in [7, 11) is 0. The third-order valence-electron chi connectivity index (χ3n) is 4.90. The molecule has 1 aliphatic carbocycles. The van der Waals surface area contributed by atoms with Crippen LogP contribution in [0.4, 0.5) is 15.5 Å². The molecule has 0 saturated heterocycles. The van der Waals surface area contributed by atoms with Crippen LogP contribution in [0.25, 0.3) is 10.4 Å². The summed E-state index contributed by atoms with van der Waals surface area (Å²) in [6.45, 7) is 2.92. The summed E-state index contributed by atoms with van der Waals surface area (Å²) in [4.78, 5) is 7.02. The first-order chi connectivity index (χ1) is 14.3. The van der Waals surface area contributed by atoms with E-state index in [0.717, 1.165) is 22.7 Å². The summed E-state index contributed by atoms with van der Waals surface area (Å²) in [6.07, 6.45) is 9.81. The number of hydrogen-bond acceptors (Lipinski definition) is 8. The van der Waals surface area contributed by atoms with Crippen LogP contribution in [0, 0.1) is 0 Å². The standard InChI is InChI=1S/C19H23FN6S3/c1-2-23-28-16-10-14(24-19-25-22-12-26(19)29-20)8-9-15(16)17-11-21-18(27-17)13-6-4-3-5-7-13/h8-13,23H,2-7H2,1H3,(H,24,25). The third-order valence-corrected chi connectivity index (χ3v) is 7.50. The molecule has 0 amide bonds. The molecule has 3 aromatic rings. The lowest BCUT2D eigenvalue weighted by atomic mass is 9.90. The summed E-state index contributed by atoms with van der Waals surface area (Å²) in [5.41, 5.74) is 1.98. The Morgan fingerprint density at radius 3 is 2.93 bits per heavy atom. The number of hydrogen-bond donors (Lipinski definition) is 2. The molecule has 29 heavy (non-hydrogen) atoms. The van der Waals surface area contributed by atoms with Gasteiger partial charge in [0.1, 0.15) is 6.33 Å². The smallest absolute Gasteiger partial charge is 0.241 e. The number of rotatable bonds is 8. The number of aromatic nitrogens is 4. The van der Waals surface area contributed by atoms with E-state index in [1.165, 1.54) is 52.3 Å². The quantitative estimate of drug-likeness (QED) is 0.397. The van der Waals surface area contributed by atoms with E-state index in [4.69, 9.17) is 4.98 Å². The molecule has 1 aliphatic rings. The molecule has 1 fully saturated rings. The summed E-state index contributed by atoms with van der Waals surface area (Å²) in [6, 6.07) is 6.11. The van der Waals surface area contributed by atoms with E-state index in [2.05, 4.69) is 33.2 Å². The van der Waals surface area contributed by atoms with Gasteiger partial charge in [-0.25, -0.2) is 8.96 Å². The molecule has 0 aliphatic heterocycles. The van der Waals surface area contributed by atoms with Gasteiger partial charge in [-0.3, -0.25) is 4.72 Å². The minimum absolute atomic E-state index is 0.0607. The Kier molecular flexibility index (Phi) is 7.06. The number of benzene rings is 1. The molecule has 154 valence electrons. The molecule has 2 aromatic heterocycles. The predicted molar refractivity (Wildman–Crippen MR) is 120 cm³/mol. The zero-order valence-electron chi connectivity index (χ0n) is 16.1. The van der Waals surface area contributed by atoms with E-state index in [0.29, 0.717) is 11.9 Å². The van der Waals surface area contributed by atoms with Crippen molar-refractivity contribution >= 4 is 47.3 Å². The van der Waals surface area contributed by atoms with Gasteiger partial charge >= 0.3 is 0 Å². The topological polar surface area (TPSA) is 67.7 Å². The van der Waals surface area contributed by atoms with Gasteiger partial charge in [0.05, 0.1) is 9.88 Å². The molecular formula is C19H23FN6S3. The van der Waals surface area contributed by atoms with Gasteiger partial charge < -0.3 is 5.32 Å². The fraction of sp³-hybridized carbons (Fsp3) is 0.421. The Morgan fingerprint density at radius 2 is 2.14 bits per heavy atom. The molecular weight excluding hydrogens is 427 g/mol. The summed E-state index contributed by atoms with van der Waals surface area (Å²) >= 11 is 3.46. The Bertz CT molecular complexity index is 938. The maximum absolute atomic E-state index is 12.9. The van der Waals surface area contributed by atoms with Crippen LogP contribution in [-0.2, 0) is 0 Å². The van der Waals surface area contributed by atoms with Gasteiger partial charge in [0.25, 0.3) is 0 Å². The van der Waals surface area contributed by atoms with Crippen molar-refractivity contribution in [3.63, 3.8) is 0 Å². The molecule has 4 rings (SSSR count). The molecule has 0 bridgehead atoms. The second kappa shape index (κ2) is 9.92. The first kappa shape index (κ1) is 20.6. The molecule has 1 saturated carbocycles. The van der Waals surface area contributed by atoms with Crippen molar-refractivity contribution in [2.24, 2.45) is 0 Å². The third kappa shape index (κ3) is 4.93. The van der Waals surface area contributed by atoms with E-state index in [1.54, 1.807) is 23.3 Å². The van der Waals surface area contributed by atoms with Crippen molar-refractivity contribution in [1.29, 1.82) is 0 Å². The minimum atomic E-state index is 0.0607. The van der Waals surface area contributed by atoms with Crippen LogP contribution in [0.1, 0.15) is 50.0 Å². The van der Waals surface area contributed by atoms with Gasteiger partial charge in [0.2, 0.25) is 5.95 Å². The Morgan fingerprint density at radius 1 is 1.28 bits per heavy atom. The van der Waals surface area contributed by atoms with E-state index in [9.17, 15) is 3.89 Å². The minimum Gasteiger partial charge on any atom is -0.323 e. The lowest BCUT2D eigenvalue weighted by Gasteiger charge is -2.18. The number of halogens is 1. The van der Waals surface area contributed by atoms with Crippen molar-refractivity contribution in [2.75, 3.05) is 11.9 Å². The predicted octanol–water partition coefficient (Wildman–Crippen LogP) is 6.19. The SMILES string of the molecule is CCNSc1cc(Nc2nncn2SF)ccc1-c1cnc(C2CCCCC2)s1. The van der Waals surface area contributed by atoms with E-state index < -0.39 is 0 Å². The largest absolute Gasteiger partial charge is 0.323 e. The number of nitrogens with zero attached hydrogens (tertiary/aromatic N) is 4. The van der Waals surface area contributed by atoms with Crippen molar-refractivity contribution in [1.82, 2.24) is 23.9 Å². The van der Waals surface area contributed by atoms with Crippen LogP contribution < -0.4 is 10.0 Å². The van der Waals surface area contributed by atoms with Crippen molar-refractivity contribution in [3.8, 4) is 10.4 Å². The first-order valence-electron chi connectivity index (χ1n) is 9.74. The highest BCUT2D eigenvalue weighted by atomic mass is 32.2. The highest BCUT2D eigenvalue weighted by molar-refractivity contribution is 7.97. The molecule has 2 N–H and O–H groups in total. The van der Waals surface area contributed by atoms with Crippen molar-refractivity contribution in [3.05, 3.63) is 35.7 Å². The van der Waals surface area contributed by atoms with Gasteiger partial charge in [-0.2, -0.15) is 0 Å². The van der Waals surface area contributed by atoms with E-state index in [-0.39, 0.29) is 12.3 Å². The monoisotopic (exact) mass is 450 g/mol. The fourth-order valence-electron chi connectivity index (χ4n) is 3.47.